The van der Waals surface area contributed by atoms with Gasteiger partial charge in [0.05, 0.1) is 13.7 Å². The molecule has 0 amide bonds. The fourth-order valence-corrected chi connectivity index (χ4v) is 3.39. The molecule has 2 rings (SSSR count). The van der Waals surface area contributed by atoms with Crippen LogP contribution < -0.4 is 4.74 Å². The van der Waals surface area contributed by atoms with Crippen molar-refractivity contribution in [3.05, 3.63) is 42.0 Å². The van der Waals surface area contributed by atoms with Crippen LogP contribution in [-0.2, 0) is 6.54 Å². The molecule has 0 bridgehead atoms. The second-order valence-electron chi connectivity index (χ2n) is 6.30. The zero-order valence-corrected chi connectivity index (χ0v) is 13.6. The molecular weight excluding hydrogens is 294 g/mol. The Morgan fingerprint density at radius 2 is 2.30 bits per heavy atom. The van der Waals surface area contributed by atoms with Crippen LogP contribution in [0.2, 0.25) is 0 Å². The first-order chi connectivity index (χ1) is 11.0. The van der Waals surface area contributed by atoms with Crippen molar-refractivity contribution in [1.29, 1.82) is 0 Å². The monoisotopic (exact) mass is 319 g/mol. The summed E-state index contributed by atoms with van der Waals surface area (Å²) in [4.78, 5) is 13.6. The number of carbonyl (C=O) groups is 1. The quantitative estimate of drug-likeness (QED) is 0.756. The number of piperidine rings is 1. The van der Waals surface area contributed by atoms with Crippen molar-refractivity contribution in [2.24, 2.45) is 5.41 Å². The van der Waals surface area contributed by atoms with Gasteiger partial charge in [0.25, 0.3) is 0 Å². The summed E-state index contributed by atoms with van der Waals surface area (Å²) >= 11 is 0. The van der Waals surface area contributed by atoms with Gasteiger partial charge in [0.1, 0.15) is 11.3 Å². The maximum absolute atomic E-state index is 11.3. The Labute approximate surface area is 137 Å². The fourth-order valence-electron chi connectivity index (χ4n) is 3.39. The molecule has 1 saturated heterocycles. The molecule has 0 unspecified atom stereocenters. The van der Waals surface area contributed by atoms with Crippen LogP contribution in [0.1, 0.15) is 35.2 Å². The summed E-state index contributed by atoms with van der Waals surface area (Å²) in [6, 6.07) is 5.27. The van der Waals surface area contributed by atoms with Crippen molar-refractivity contribution >= 4 is 5.97 Å². The van der Waals surface area contributed by atoms with Gasteiger partial charge in [-0.1, -0.05) is 12.1 Å². The molecule has 1 atom stereocenters. The van der Waals surface area contributed by atoms with Gasteiger partial charge in [-0.2, -0.15) is 0 Å². The maximum Gasteiger partial charge on any atom is 0.339 e. The molecule has 23 heavy (non-hydrogen) atoms. The van der Waals surface area contributed by atoms with E-state index in [9.17, 15) is 15.0 Å². The van der Waals surface area contributed by atoms with Crippen LogP contribution in [0.5, 0.6) is 5.75 Å². The number of aliphatic hydroxyl groups excluding tert-OH is 1. The van der Waals surface area contributed by atoms with Gasteiger partial charge < -0.3 is 14.9 Å². The van der Waals surface area contributed by atoms with Gasteiger partial charge in [-0.3, -0.25) is 4.90 Å². The first-order valence-electron chi connectivity index (χ1n) is 7.88. The van der Waals surface area contributed by atoms with Crippen molar-refractivity contribution in [3.63, 3.8) is 0 Å². The summed E-state index contributed by atoms with van der Waals surface area (Å²) in [7, 11) is 1.47. The summed E-state index contributed by atoms with van der Waals surface area (Å²) in [5.41, 5.74) is 0.999. The minimum Gasteiger partial charge on any atom is -0.496 e. The largest absolute Gasteiger partial charge is 0.496 e. The molecule has 1 aliphatic heterocycles. The topological polar surface area (TPSA) is 70.0 Å². The number of carboxylic acid groups (broad SMARTS) is 1. The molecule has 1 aromatic rings. The van der Waals surface area contributed by atoms with Gasteiger partial charge in [-0.15, -0.1) is 6.58 Å². The number of likely N-dealkylation sites (tertiary alicyclic amines) is 1. The predicted octanol–water partition coefficient (Wildman–Crippen LogP) is 2.54. The van der Waals surface area contributed by atoms with Crippen LogP contribution in [0.4, 0.5) is 0 Å². The number of aliphatic hydroxyl groups is 1. The Balaban J connectivity index is 2.14. The van der Waals surface area contributed by atoms with Gasteiger partial charge in [0, 0.05) is 18.5 Å². The van der Waals surface area contributed by atoms with Crippen molar-refractivity contribution in [1.82, 2.24) is 4.90 Å². The number of rotatable bonds is 7. The van der Waals surface area contributed by atoms with E-state index in [0.717, 1.165) is 37.9 Å². The summed E-state index contributed by atoms with van der Waals surface area (Å²) in [6.07, 6.45) is 4.68. The van der Waals surface area contributed by atoms with Crippen molar-refractivity contribution in [3.8, 4) is 5.75 Å². The molecule has 0 spiro atoms. The molecule has 0 aromatic heterocycles. The first-order valence-corrected chi connectivity index (χ1v) is 7.88. The first kappa shape index (κ1) is 17.5. The second-order valence-corrected chi connectivity index (χ2v) is 6.30. The van der Waals surface area contributed by atoms with Crippen LogP contribution in [0, 0.1) is 5.41 Å². The average molecular weight is 319 g/mol. The molecule has 2 N–H and O–H groups in total. The molecule has 1 aromatic carbocycles. The lowest BCUT2D eigenvalue weighted by Crippen LogP contribution is -2.44. The van der Waals surface area contributed by atoms with Crippen LogP contribution in [0.3, 0.4) is 0 Å². The lowest BCUT2D eigenvalue weighted by Gasteiger charge is -2.41. The van der Waals surface area contributed by atoms with E-state index in [0.29, 0.717) is 12.3 Å². The average Bonchev–Trinajstić information content (AvgIpc) is 2.55. The number of carboxylic acids is 1. The minimum atomic E-state index is -0.987. The van der Waals surface area contributed by atoms with E-state index >= 15 is 0 Å². The highest BCUT2D eigenvalue weighted by Crippen LogP contribution is 2.34. The molecule has 0 aliphatic carbocycles. The third-order valence-corrected chi connectivity index (χ3v) is 4.55. The third kappa shape index (κ3) is 4.12. The fraction of sp³-hybridized carbons (Fsp3) is 0.500. The van der Waals surface area contributed by atoms with E-state index in [2.05, 4.69) is 11.5 Å². The number of nitrogens with zero attached hydrogens (tertiary/aromatic N) is 1. The highest BCUT2D eigenvalue weighted by Gasteiger charge is 2.33. The molecule has 1 heterocycles. The lowest BCUT2D eigenvalue weighted by molar-refractivity contribution is 0.0309. The molecular formula is C18H25NO4. The lowest BCUT2D eigenvalue weighted by atomic mass is 9.77. The number of methoxy groups -OCH3 is 1. The number of hydrogen-bond donors (Lipinski definition) is 2. The zero-order chi connectivity index (χ0) is 16.9. The molecule has 0 radical (unpaired) electrons. The molecule has 5 heteroatoms. The molecule has 5 nitrogen and oxygen atoms in total. The highest BCUT2D eigenvalue weighted by atomic mass is 16.5. The number of allylic oxidation sites excluding steroid dienone is 1. The molecule has 1 aliphatic rings. The minimum absolute atomic E-state index is 0.123. The number of aromatic carboxylic acids is 1. The maximum atomic E-state index is 11.3. The second kappa shape index (κ2) is 7.62. The standard InChI is InChI=1S/C18H25NO4/c1-3-7-18(13-20)8-4-9-19(12-18)11-14-5-6-16(23-2)15(10-14)17(21)22/h3,5-6,10,20H,1,4,7-9,11-13H2,2H3,(H,21,22)/t18-/m1/s1. The van der Waals surface area contributed by atoms with E-state index < -0.39 is 5.97 Å². The number of ether oxygens (including phenoxy) is 1. The van der Waals surface area contributed by atoms with E-state index in [1.54, 1.807) is 12.1 Å². The van der Waals surface area contributed by atoms with Crippen LogP contribution in [0.15, 0.2) is 30.9 Å². The van der Waals surface area contributed by atoms with Crippen LogP contribution in [-0.4, -0.2) is 47.9 Å². The molecule has 1 fully saturated rings. The van der Waals surface area contributed by atoms with E-state index in [-0.39, 0.29) is 17.6 Å². The predicted molar refractivity (Wildman–Crippen MR) is 88.8 cm³/mol. The van der Waals surface area contributed by atoms with Crippen molar-refractivity contribution in [2.75, 3.05) is 26.8 Å². The van der Waals surface area contributed by atoms with Gasteiger partial charge in [0.2, 0.25) is 0 Å². The Bertz CT molecular complexity index is 572. The molecule has 0 saturated carbocycles. The van der Waals surface area contributed by atoms with Gasteiger partial charge in [-0.25, -0.2) is 4.79 Å². The van der Waals surface area contributed by atoms with Gasteiger partial charge >= 0.3 is 5.97 Å². The number of benzene rings is 1. The summed E-state index contributed by atoms with van der Waals surface area (Å²) in [6.45, 7) is 6.37. The number of hydrogen-bond acceptors (Lipinski definition) is 4. The van der Waals surface area contributed by atoms with Crippen LogP contribution in [0.25, 0.3) is 0 Å². The smallest absolute Gasteiger partial charge is 0.339 e. The normalized spacial score (nSPS) is 21.8. The third-order valence-electron chi connectivity index (χ3n) is 4.55. The Kier molecular flexibility index (Phi) is 5.80. The van der Waals surface area contributed by atoms with Crippen molar-refractivity contribution in [2.45, 2.75) is 25.8 Å². The summed E-state index contributed by atoms with van der Waals surface area (Å²) in [5.74, 6) is -0.616. The Morgan fingerprint density at radius 1 is 1.52 bits per heavy atom. The Morgan fingerprint density at radius 3 is 2.91 bits per heavy atom. The van der Waals surface area contributed by atoms with Gasteiger partial charge in [-0.05, 0) is 43.5 Å². The van der Waals surface area contributed by atoms with Gasteiger partial charge in [0.15, 0.2) is 0 Å². The van der Waals surface area contributed by atoms with Crippen molar-refractivity contribution < 1.29 is 19.7 Å². The highest BCUT2D eigenvalue weighted by molar-refractivity contribution is 5.91. The summed E-state index contributed by atoms with van der Waals surface area (Å²) < 4.78 is 5.10. The summed E-state index contributed by atoms with van der Waals surface area (Å²) in [5, 5.41) is 19.1. The van der Waals surface area contributed by atoms with E-state index in [1.807, 2.05) is 12.1 Å². The molecule has 126 valence electrons. The van der Waals surface area contributed by atoms with Crippen LogP contribution >= 0.6 is 0 Å². The SMILES string of the molecule is C=CC[C@@]1(CO)CCCN(Cc2ccc(OC)c(C(=O)O)c2)C1. The Hall–Kier alpha value is -1.85. The van der Waals surface area contributed by atoms with E-state index in [4.69, 9.17) is 4.74 Å². The zero-order valence-electron chi connectivity index (χ0n) is 13.6. The van der Waals surface area contributed by atoms with E-state index in [1.165, 1.54) is 7.11 Å².